The van der Waals surface area contributed by atoms with E-state index in [0.717, 1.165) is 33.0 Å². The van der Waals surface area contributed by atoms with Gasteiger partial charge in [0.25, 0.3) is 17.4 Å². The van der Waals surface area contributed by atoms with Crippen LogP contribution in [0.25, 0.3) is 22.3 Å². The van der Waals surface area contributed by atoms with Crippen molar-refractivity contribution in [2.75, 3.05) is 42.7 Å². The molecule has 4 aromatic heterocycles. The van der Waals surface area contributed by atoms with Crippen molar-refractivity contribution >= 4 is 97.1 Å². The molecule has 2 bridgehead atoms. The fraction of sp³-hybridized carbons (Fsp3) is 0.490. The van der Waals surface area contributed by atoms with Gasteiger partial charge in [0.15, 0.2) is 40.6 Å². The van der Waals surface area contributed by atoms with Crippen molar-refractivity contribution < 1.29 is 95.0 Å². The van der Waals surface area contributed by atoms with Gasteiger partial charge in [-0.15, -0.1) is 0 Å². The van der Waals surface area contributed by atoms with E-state index in [1.165, 1.54) is 36.4 Å². The number of rotatable bonds is 21. The van der Waals surface area contributed by atoms with Gasteiger partial charge in [-0.2, -0.15) is 4.98 Å². The molecule has 3 saturated heterocycles. The van der Waals surface area contributed by atoms with E-state index in [2.05, 4.69) is 56.5 Å². The predicted octanol–water partition coefficient (Wildman–Crippen LogP) is -0.677. The second-order valence-corrected chi connectivity index (χ2v) is 23.6. The summed E-state index contributed by atoms with van der Waals surface area (Å²) in [6.07, 6.45) is -7.49. The van der Waals surface area contributed by atoms with Crippen LogP contribution in [0.5, 0.6) is 0 Å². The van der Waals surface area contributed by atoms with E-state index in [4.69, 9.17) is 43.8 Å². The number of phosphoric acid groups is 2. The molecule has 12 atom stereocenters. The zero-order valence-corrected chi connectivity index (χ0v) is 48.5. The van der Waals surface area contributed by atoms with Crippen LogP contribution in [0.2, 0.25) is 0 Å². The maximum Gasteiger partial charge on any atom is 0.472 e. The molecule has 0 radical (unpaired) electrons. The Balaban J connectivity index is 0.797. The summed E-state index contributed by atoms with van der Waals surface area (Å²) in [6, 6.07) is 3.12. The molecular formula is C49H62N16O21P2. The highest BCUT2D eigenvalue weighted by molar-refractivity contribution is 7.47. The van der Waals surface area contributed by atoms with Gasteiger partial charge in [0.05, 0.1) is 25.9 Å². The number of imidazole rings is 2. The minimum Gasteiger partial charge on any atom is -0.444 e. The van der Waals surface area contributed by atoms with Gasteiger partial charge in [-0.3, -0.25) is 71.2 Å². The topological polar surface area (TPSA) is 522 Å². The Morgan fingerprint density at radius 1 is 0.784 bits per heavy atom. The Labute approximate surface area is 496 Å². The van der Waals surface area contributed by atoms with Crippen LogP contribution in [-0.4, -0.2) is 181 Å². The van der Waals surface area contributed by atoms with E-state index in [1.54, 1.807) is 13.8 Å². The average Bonchev–Trinajstić information content (AvgIpc) is 1.69. The van der Waals surface area contributed by atoms with Gasteiger partial charge < -0.3 is 66.9 Å². The van der Waals surface area contributed by atoms with Gasteiger partial charge in [-0.05, 0) is 49.3 Å². The van der Waals surface area contributed by atoms with E-state index in [1.807, 2.05) is 0 Å². The van der Waals surface area contributed by atoms with E-state index >= 15 is 0 Å². The monoisotopic (exact) mass is 1270 g/mol. The van der Waals surface area contributed by atoms with E-state index in [9.17, 15) is 67.5 Å². The summed E-state index contributed by atoms with van der Waals surface area (Å²) in [4.78, 5) is 147. The van der Waals surface area contributed by atoms with Crippen molar-refractivity contribution in [2.45, 2.75) is 120 Å². The third-order valence-corrected chi connectivity index (χ3v) is 16.1. The molecule has 1 aromatic carbocycles. The van der Waals surface area contributed by atoms with Gasteiger partial charge in [0.1, 0.15) is 61.6 Å². The lowest BCUT2D eigenvalue weighted by atomic mass is 10.0. The van der Waals surface area contributed by atoms with E-state index < -0.39 is 143 Å². The van der Waals surface area contributed by atoms with Crippen molar-refractivity contribution in [3.63, 3.8) is 0 Å². The van der Waals surface area contributed by atoms with Gasteiger partial charge in [-0.1, -0.05) is 32.4 Å². The van der Waals surface area contributed by atoms with Crippen molar-refractivity contribution in [1.82, 2.24) is 59.9 Å². The number of hydrogen-bond donors (Lipinski definition) is 12. The maximum absolute atomic E-state index is 13.7. The zero-order valence-electron chi connectivity index (χ0n) is 46.7. The number of aromatic amines is 1. The Morgan fingerprint density at radius 2 is 1.44 bits per heavy atom. The highest BCUT2D eigenvalue weighted by Crippen LogP contribution is 2.54. The molecule has 474 valence electrons. The number of H-pyrrole nitrogens is 1. The van der Waals surface area contributed by atoms with Crippen LogP contribution in [0.15, 0.2) is 60.2 Å². The SMILES string of the molecule is CC(C)[C@H](NC(=O)CCCCCN1C(=O)C=CC1=O)C(=O)N[C@@H](CCCNC(N)=O)C(=O)Nc1ccc(COC(=O)Nc2ncnc3c2ncn3[C@@H]2O[C@@H]3COP(=O)(O)OC4C(O)[C@H](n5cnc6c(=O)[nH]c(N)nc65)O[C@@H]4COP(=O)(O)OC2C3O)cc1. The van der Waals surface area contributed by atoms with E-state index in [-0.39, 0.29) is 78.7 Å². The number of nitrogen functional groups attached to an aromatic ring is 1. The van der Waals surface area contributed by atoms with Crippen LogP contribution >= 0.6 is 15.6 Å². The van der Waals surface area contributed by atoms with Crippen LogP contribution < -0.4 is 43.6 Å². The number of nitrogens with two attached hydrogens (primary N) is 2. The second kappa shape index (κ2) is 27.5. The fourth-order valence-corrected chi connectivity index (χ4v) is 11.7. The molecule has 0 saturated carbocycles. The molecule has 37 nitrogen and oxygen atoms in total. The van der Waals surface area contributed by atoms with Crippen molar-refractivity contribution in [3.05, 3.63) is 71.3 Å². The quantitative estimate of drug-likeness (QED) is 0.0246. The fourth-order valence-electron chi connectivity index (χ4n) is 9.78. The molecule has 0 aliphatic carbocycles. The molecular weight excluding hydrogens is 1210 g/mol. The van der Waals surface area contributed by atoms with Gasteiger partial charge >= 0.3 is 27.8 Å². The van der Waals surface area contributed by atoms with E-state index in [0.29, 0.717) is 24.8 Å². The second-order valence-electron chi connectivity index (χ2n) is 20.7. The van der Waals surface area contributed by atoms with Crippen LogP contribution in [-0.2, 0) is 72.0 Å². The van der Waals surface area contributed by atoms with Crippen molar-refractivity contribution in [1.29, 1.82) is 0 Å². The number of carbonyl (C=O) groups excluding carboxylic acids is 7. The number of nitrogens with one attached hydrogen (secondary N) is 6. The number of primary amides is 1. The summed E-state index contributed by atoms with van der Waals surface area (Å²) >= 11 is 0. The summed E-state index contributed by atoms with van der Waals surface area (Å²) in [5.41, 5.74) is 10.3. The van der Waals surface area contributed by atoms with Crippen molar-refractivity contribution in [2.24, 2.45) is 11.7 Å². The number of nitrogens with zero attached hydrogens (tertiary/aromatic N) is 8. The normalized spacial score (nSPS) is 26.2. The first kappa shape index (κ1) is 64.3. The lowest BCUT2D eigenvalue weighted by Crippen LogP contribution is -2.54. The summed E-state index contributed by atoms with van der Waals surface area (Å²) in [5, 5.41) is 35.8. The molecule has 9 rings (SSSR count). The molecule has 5 aromatic rings. The largest absolute Gasteiger partial charge is 0.472 e. The number of imide groups is 1. The number of amides is 8. The number of unbranched alkanes of at least 4 members (excludes halogenated alkanes) is 2. The smallest absolute Gasteiger partial charge is 0.444 e. The number of urea groups is 1. The third kappa shape index (κ3) is 15.4. The predicted molar refractivity (Wildman–Crippen MR) is 298 cm³/mol. The minimum atomic E-state index is -5.31. The molecule has 4 aliphatic rings. The number of carbonyl (C=O) groups is 7. The number of aromatic nitrogens is 8. The lowest BCUT2D eigenvalue weighted by molar-refractivity contribution is -0.137. The lowest BCUT2D eigenvalue weighted by Gasteiger charge is -2.25. The van der Waals surface area contributed by atoms with Crippen LogP contribution in [0.4, 0.5) is 27.0 Å². The molecule has 14 N–H and O–H groups in total. The highest BCUT2D eigenvalue weighted by atomic mass is 31.2. The molecule has 8 amide bonds. The standard InChI is InChI=1S/C49H62N16O21P2/c1-23(2)32(59-29(66)8-4-3-5-16-63-30(67)13-14-31(63)68)43(72)58-26(7-6-15-52-48(51)74)42(71)57-25-11-9-24(10-12-25)17-80-49(75)60-39-33-40(54-20-53-39)64(21-55-33)46-38-35(69)27(83-46)18-81-87(76,77)85-37-28(19-82-88(78,79)86-38)84-45(36(37)70)65-22-56-34-41(65)61-47(50)62-44(34)73/h9-14,20-23,26-28,32,35-38,45-46,69-70H,3-8,15-19H2,1-2H3,(H,57,71)(H,58,72)(H,59,66)(H,76,77)(H,78,79)(H3,51,52,74)(H3,50,61,62,73)(H,53,54,60,75)/t26-,27+,28+,32-,35?,36?,37?,38?,45+,46+/m0/s1. The van der Waals surface area contributed by atoms with Crippen LogP contribution in [0, 0.1) is 5.92 Å². The first-order valence-corrected chi connectivity index (χ1v) is 30.2. The summed E-state index contributed by atoms with van der Waals surface area (Å²) in [6.45, 7) is 1.54. The van der Waals surface area contributed by atoms with Gasteiger partial charge in [0, 0.05) is 37.3 Å². The van der Waals surface area contributed by atoms with Crippen molar-refractivity contribution in [3.8, 4) is 0 Å². The number of ether oxygens (including phenoxy) is 3. The molecule has 8 heterocycles. The average molecular weight is 1270 g/mol. The Hall–Kier alpha value is -8.19. The third-order valence-electron chi connectivity index (χ3n) is 14.2. The number of anilines is 3. The number of fused-ring (bicyclic) bond motifs is 5. The summed E-state index contributed by atoms with van der Waals surface area (Å²) in [7, 11) is -10.5. The number of benzene rings is 1. The zero-order chi connectivity index (χ0) is 63.2. The highest BCUT2D eigenvalue weighted by Gasteiger charge is 2.54. The first-order chi connectivity index (χ1) is 41.8. The number of hydrogen-bond acceptors (Lipinski definition) is 25. The Morgan fingerprint density at radius 3 is 2.14 bits per heavy atom. The molecule has 3 fully saturated rings. The summed E-state index contributed by atoms with van der Waals surface area (Å²) < 4.78 is 67.8. The summed E-state index contributed by atoms with van der Waals surface area (Å²) in [5.74, 6) is -3.39. The van der Waals surface area contributed by atoms with Crippen LogP contribution in [0.3, 0.4) is 0 Å². The Kier molecular flexibility index (Phi) is 20.1. The maximum atomic E-state index is 13.7. The molecule has 88 heavy (non-hydrogen) atoms. The molecule has 6 unspecified atom stereocenters. The van der Waals surface area contributed by atoms with Crippen LogP contribution in [0.1, 0.15) is 70.4 Å². The number of phosphoric ester groups is 2. The molecule has 4 aliphatic heterocycles. The Bertz CT molecular complexity index is 3620. The first-order valence-electron chi connectivity index (χ1n) is 27.2. The van der Waals surface area contributed by atoms with Gasteiger partial charge in [-0.25, -0.2) is 38.7 Å². The molecule has 39 heteroatoms. The number of aliphatic hydroxyl groups excluding tert-OH is 2. The van der Waals surface area contributed by atoms with Gasteiger partial charge in [0.2, 0.25) is 23.7 Å². The number of aliphatic hydroxyl groups is 2. The molecule has 0 spiro atoms. The minimum absolute atomic E-state index is 0.0496.